The molecule has 0 aromatic carbocycles. The number of aliphatic hydroxyl groups is 1. The van der Waals surface area contributed by atoms with Crippen LogP contribution in [0.25, 0.3) is 0 Å². The van der Waals surface area contributed by atoms with E-state index in [-0.39, 0.29) is 6.10 Å². The van der Waals surface area contributed by atoms with E-state index < -0.39 is 0 Å². The van der Waals surface area contributed by atoms with E-state index in [1.807, 2.05) is 0 Å². The van der Waals surface area contributed by atoms with Gasteiger partial charge in [-0.3, -0.25) is 0 Å². The van der Waals surface area contributed by atoms with Crippen molar-refractivity contribution in [3.05, 3.63) is 0 Å². The first-order valence-corrected chi connectivity index (χ1v) is 6.84. The molecule has 1 N–H and O–H groups in total. The van der Waals surface area contributed by atoms with Crippen LogP contribution in [0.1, 0.15) is 39.0 Å². The van der Waals surface area contributed by atoms with Crippen LogP contribution in [0.5, 0.6) is 0 Å². The highest BCUT2D eigenvalue weighted by atomic mass is 32.2. The van der Waals surface area contributed by atoms with Gasteiger partial charge in [-0.1, -0.05) is 26.2 Å². The van der Waals surface area contributed by atoms with Crippen molar-refractivity contribution in [2.24, 2.45) is 11.8 Å². The normalized spacial score (nSPS) is 31.6. The first-order valence-electron chi connectivity index (χ1n) is 5.45. The first kappa shape index (κ1) is 11.4. The molecular formula is C11H22OS. The summed E-state index contributed by atoms with van der Waals surface area (Å²) < 4.78 is 0. The van der Waals surface area contributed by atoms with Gasteiger partial charge in [0.25, 0.3) is 0 Å². The predicted molar refractivity (Wildman–Crippen MR) is 60.1 cm³/mol. The highest BCUT2D eigenvalue weighted by molar-refractivity contribution is 7.98. The summed E-state index contributed by atoms with van der Waals surface area (Å²) in [5, 5.41) is 9.87. The van der Waals surface area contributed by atoms with Crippen LogP contribution in [0.3, 0.4) is 0 Å². The minimum Gasteiger partial charge on any atom is -0.392 e. The van der Waals surface area contributed by atoms with Gasteiger partial charge in [0.2, 0.25) is 0 Å². The van der Waals surface area contributed by atoms with Crippen LogP contribution < -0.4 is 0 Å². The average molecular weight is 202 g/mol. The van der Waals surface area contributed by atoms with Crippen LogP contribution in [0.2, 0.25) is 0 Å². The lowest BCUT2D eigenvalue weighted by atomic mass is 9.78. The van der Waals surface area contributed by atoms with Gasteiger partial charge in [0.05, 0.1) is 6.10 Å². The van der Waals surface area contributed by atoms with Gasteiger partial charge in [-0.2, -0.15) is 11.8 Å². The summed E-state index contributed by atoms with van der Waals surface area (Å²) >= 11 is 1.76. The second kappa shape index (κ2) is 5.92. The third-order valence-electron chi connectivity index (χ3n) is 3.28. The lowest BCUT2D eigenvalue weighted by Gasteiger charge is -2.31. The highest BCUT2D eigenvalue weighted by Crippen LogP contribution is 2.33. The van der Waals surface area contributed by atoms with Crippen molar-refractivity contribution >= 4 is 11.8 Å². The lowest BCUT2D eigenvalue weighted by molar-refractivity contribution is 0.0862. The molecule has 0 saturated heterocycles. The summed E-state index contributed by atoms with van der Waals surface area (Å²) in [7, 11) is 0. The summed E-state index contributed by atoms with van der Waals surface area (Å²) in [5.41, 5.74) is 0. The van der Waals surface area contributed by atoms with Gasteiger partial charge in [0, 0.05) is 5.75 Å². The van der Waals surface area contributed by atoms with Crippen molar-refractivity contribution in [3.63, 3.8) is 0 Å². The third kappa shape index (κ3) is 3.51. The molecular weight excluding hydrogens is 180 g/mol. The van der Waals surface area contributed by atoms with E-state index in [9.17, 15) is 5.11 Å². The van der Waals surface area contributed by atoms with Gasteiger partial charge >= 0.3 is 0 Å². The largest absolute Gasteiger partial charge is 0.392 e. The molecule has 3 atom stereocenters. The van der Waals surface area contributed by atoms with E-state index in [0.29, 0.717) is 5.92 Å². The topological polar surface area (TPSA) is 20.2 Å². The van der Waals surface area contributed by atoms with Crippen molar-refractivity contribution in [2.45, 2.75) is 45.1 Å². The molecule has 3 unspecified atom stereocenters. The molecule has 1 aliphatic rings. The maximum Gasteiger partial charge on any atom is 0.0658 e. The average Bonchev–Trinajstić information content (AvgIpc) is 2.18. The standard InChI is InChI=1S/C11H22OS/c1-3-9-5-4-6-10(7-9)11(12)8-13-2/h9-12H,3-8H2,1-2H3. The number of hydrogen-bond acceptors (Lipinski definition) is 2. The number of thioether (sulfide) groups is 1. The molecule has 13 heavy (non-hydrogen) atoms. The van der Waals surface area contributed by atoms with Crippen LogP contribution >= 0.6 is 11.8 Å². The Morgan fingerprint density at radius 2 is 2.23 bits per heavy atom. The molecule has 0 amide bonds. The van der Waals surface area contributed by atoms with Crippen molar-refractivity contribution in [1.82, 2.24) is 0 Å². The molecule has 1 fully saturated rings. The molecule has 0 aliphatic heterocycles. The fourth-order valence-electron chi connectivity index (χ4n) is 2.36. The number of rotatable bonds is 4. The molecule has 1 saturated carbocycles. The van der Waals surface area contributed by atoms with E-state index >= 15 is 0 Å². The minimum absolute atomic E-state index is 0.0515. The van der Waals surface area contributed by atoms with E-state index in [1.165, 1.54) is 32.1 Å². The van der Waals surface area contributed by atoms with Gasteiger partial charge in [-0.25, -0.2) is 0 Å². The van der Waals surface area contributed by atoms with Gasteiger partial charge in [-0.05, 0) is 30.9 Å². The van der Waals surface area contributed by atoms with Gasteiger partial charge in [0.15, 0.2) is 0 Å². The molecule has 0 radical (unpaired) electrons. The summed E-state index contributed by atoms with van der Waals surface area (Å²) in [6.45, 7) is 2.27. The van der Waals surface area contributed by atoms with E-state index in [1.54, 1.807) is 11.8 Å². The maximum atomic E-state index is 9.87. The fourth-order valence-corrected chi connectivity index (χ4v) is 2.97. The van der Waals surface area contributed by atoms with E-state index in [2.05, 4.69) is 13.2 Å². The number of aliphatic hydroxyl groups excluding tert-OH is 1. The zero-order valence-corrected chi connectivity index (χ0v) is 9.65. The SMILES string of the molecule is CCC1CCCC(C(O)CSC)C1. The van der Waals surface area contributed by atoms with Crippen LogP contribution in [0.15, 0.2) is 0 Å². The van der Waals surface area contributed by atoms with Crippen LogP contribution in [-0.2, 0) is 0 Å². The summed E-state index contributed by atoms with van der Waals surface area (Å²) in [6.07, 6.45) is 8.54. The van der Waals surface area contributed by atoms with Crippen molar-refractivity contribution in [1.29, 1.82) is 0 Å². The quantitative estimate of drug-likeness (QED) is 0.756. The summed E-state index contributed by atoms with van der Waals surface area (Å²) in [6, 6.07) is 0. The first-order chi connectivity index (χ1) is 6.27. The molecule has 0 aromatic rings. The van der Waals surface area contributed by atoms with E-state index in [4.69, 9.17) is 0 Å². The molecule has 0 heterocycles. The van der Waals surface area contributed by atoms with Gasteiger partial charge in [0.1, 0.15) is 0 Å². The Bertz CT molecular complexity index is 138. The Hall–Kier alpha value is 0.310. The lowest BCUT2D eigenvalue weighted by Crippen LogP contribution is -2.28. The fraction of sp³-hybridized carbons (Fsp3) is 1.00. The maximum absolute atomic E-state index is 9.87. The third-order valence-corrected chi connectivity index (χ3v) is 3.96. The van der Waals surface area contributed by atoms with Crippen molar-refractivity contribution in [3.8, 4) is 0 Å². The number of hydrogen-bond donors (Lipinski definition) is 1. The Morgan fingerprint density at radius 3 is 2.85 bits per heavy atom. The zero-order valence-electron chi connectivity index (χ0n) is 8.83. The Morgan fingerprint density at radius 1 is 1.46 bits per heavy atom. The second-order valence-electron chi connectivity index (χ2n) is 4.22. The smallest absolute Gasteiger partial charge is 0.0658 e. The van der Waals surface area contributed by atoms with Gasteiger partial charge in [-0.15, -0.1) is 0 Å². The van der Waals surface area contributed by atoms with Crippen LogP contribution in [0, 0.1) is 11.8 Å². The zero-order chi connectivity index (χ0) is 9.68. The second-order valence-corrected chi connectivity index (χ2v) is 5.13. The Kier molecular flexibility index (Phi) is 5.18. The molecule has 0 bridgehead atoms. The molecule has 78 valence electrons. The Labute approximate surface area is 86.3 Å². The van der Waals surface area contributed by atoms with Crippen LogP contribution in [-0.4, -0.2) is 23.2 Å². The minimum atomic E-state index is -0.0515. The molecule has 2 heteroatoms. The van der Waals surface area contributed by atoms with E-state index in [0.717, 1.165) is 11.7 Å². The summed E-state index contributed by atoms with van der Waals surface area (Å²) in [5.74, 6) is 2.39. The molecule has 0 spiro atoms. The molecule has 1 aliphatic carbocycles. The Balaban J connectivity index is 2.32. The van der Waals surface area contributed by atoms with Crippen molar-refractivity contribution < 1.29 is 5.11 Å². The van der Waals surface area contributed by atoms with Crippen molar-refractivity contribution in [2.75, 3.05) is 12.0 Å². The molecule has 1 nitrogen and oxygen atoms in total. The summed E-state index contributed by atoms with van der Waals surface area (Å²) in [4.78, 5) is 0. The predicted octanol–water partition coefficient (Wildman–Crippen LogP) is 2.93. The molecule has 0 aromatic heterocycles. The highest BCUT2D eigenvalue weighted by Gasteiger charge is 2.25. The monoisotopic (exact) mass is 202 g/mol. The van der Waals surface area contributed by atoms with Gasteiger partial charge < -0.3 is 5.11 Å². The molecule has 1 rings (SSSR count). The van der Waals surface area contributed by atoms with Crippen LogP contribution in [0.4, 0.5) is 0 Å².